The van der Waals surface area contributed by atoms with Gasteiger partial charge in [-0.3, -0.25) is 9.78 Å². The Morgan fingerprint density at radius 2 is 1.92 bits per heavy atom. The van der Waals surface area contributed by atoms with Crippen LogP contribution >= 0.6 is 23.2 Å². The fourth-order valence-corrected chi connectivity index (χ4v) is 2.65. The first kappa shape index (κ1) is 17.8. The molecule has 2 aromatic carbocycles. The molecule has 0 aliphatic carbocycles. The molecule has 3 rings (SSSR count). The van der Waals surface area contributed by atoms with Gasteiger partial charge in [-0.2, -0.15) is 5.26 Å². The van der Waals surface area contributed by atoms with Crippen LogP contribution in [-0.4, -0.2) is 17.1 Å². The third-order valence-electron chi connectivity index (χ3n) is 3.58. The number of hydrogen-bond acceptors (Lipinski definition) is 5. The molecule has 1 heterocycles. The van der Waals surface area contributed by atoms with Crippen LogP contribution < -0.4 is 15.6 Å². The zero-order valence-electron chi connectivity index (χ0n) is 13.5. The molecule has 6 nitrogen and oxygen atoms in total. The van der Waals surface area contributed by atoms with Crippen molar-refractivity contribution >= 4 is 34.8 Å². The zero-order chi connectivity index (χ0) is 18.7. The molecule has 8 heteroatoms. The first-order valence-electron chi connectivity index (χ1n) is 7.42. The monoisotopic (exact) mass is 386 g/mol. The summed E-state index contributed by atoms with van der Waals surface area (Å²) >= 11 is 12.1. The normalized spacial score (nSPS) is 10.2. The van der Waals surface area contributed by atoms with Crippen LogP contribution in [0, 0.1) is 11.3 Å². The number of ether oxygens (including phenoxy) is 1. The largest absolute Gasteiger partial charge is 0.497 e. The van der Waals surface area contributed by atoms with Gasteiger partial charge in [-0.25, -0.2) is 4.98 Å². The molecule has 0 saturated heterocycles. The molecule has 0 radical (unpaired) electrons. The molecule has 26 heavy (non-hydrogen) atoms. The van der Waals surface area contributed by atoms with Gasteiger partial charge in [0.05, 0.1) is 23.5 Å². The van der Waals surface area contributed by atoms with Gasteiger partial charge in [-0.1, -0.05) is 23.2 Å². The summed E-state index contributed by atoms with van der Waals surface area (Å²) < 4.78 is 5.12. The van der Waals surface area contributed by atoms with E-state index in [0.29, 0.717) is 27.0 Å². The highest BCUT2D eigenvalue weighted by Gasteiger charge is 2.14. The number of anilines is 2. The number of H-pyrrole nitrogens is 1. The Bertz CT molecular complexity index is 1060. The SMILES string of the molecule is COc1ccc(-c2nc(Nc3cc(Cl)ccc3Cl)[nH]c(=O)c2C#N)cc1. The van der Waals surface area contributed by atoms with Crippen LogP contribution in [0.2, 0.25) is 10.0 Å². The van der Waals surface area contributed by atoms with Crippen molar-refractivity contribution in [2.45, 2.75) is 0 Å². The molecule has 0 unspecified atom stereocenters. The number of aromatic nitrogens is 2. The molecule has 0 atom stereocenters. The van der Waals surface area contributed by atoms with Crippen LogP contribution in [0.15, 0.2) is 47.3 Å². The van der Waals surface area contributed by atoms with Crippen molar-refractivity contribution in [3.8, 4) is 23.1 Å². The number of nitrogens with one attached hydrogen (secondary N) is 2. The van der Waals surface area contributed by atoms with E-state index in [2.05, 4.69) is 15.3 Å². The summed E-state index contributed by atoms with van der Waals surface area (Å²) in [5.41, 5.74) is 0.688. The standard InChI is InChI=1S/C18H12Cl2N4O2/c1-26-12-5-2-10(3-6-12)16-13(9-21)17(25)24-18(23-16)22-15-8-11(19)4-7-14(15)20/h2-8H,1H3,(H2,22,23,24,25). The van der Waals surface area contributed by atoms with E-state index in [1.165, 1.54) is 0 Å². The van der Waals surface area contributed by atoms with Gasteiger partial charge in [0, 0.05) is 10.6 Å². The van der Waals surface area contributed by atoms with E-state index < -0.39 is 5.56 Å². The Balaban J connectivity index is 2.08. The number of hydrogen-bond donors (Lipinski definition) is 2. The average Bonchev–Trinajstić information content (AvgIpc) is 2.64. The van der Waals surface area contributed by atoms with Gasteiger partial charge in [-0.05, 0) is 42.5 Å². The van der Waals surface area contributed by atoms with Gasteiger partial charge in [0.2, 0.25) is 5.95 Å². The molecule has 1 aromatic heterocycles. The molecule has 0 spiro atoms. The quantitative estimate of drug-likeness (QED) is 0.694. The maximum absolute atomic E-state index is 12.3. The van der Waals surface area contributed by atoms with Gasteiger partial charge < -0.3 is 10.1 Å². The molecule has 2 N–H and O–H groups in total. The van der Waals surface area contributed by atoms with E-state index in [-0.39, 0.29) is 17.2 Å². The minimum Gasteiger partial charge on any atom is -0.497 e. The first-order chi connectivity index (χ1) is 12.5. The minimum absolute atomic E-state index is 0.0853. The summed E-state index contributed by atoms with van der Waals surface area (Å²) in [5, 5.41) is 13.1. The molecule has 0 saturated carbocycles. The molecule has 0 fully saturated rings. The number of rotatable bonds is 4. The van der Waals surface area contributed by atoms with Gasteiger partial charge in [-0.15, -0.1) is 0 Å². The summed E-state index contributed by atoms with van der Waals surface area (Å²) in [6, 6.07) is 13.7. The Kier molecular flexibility index (Phi) is 5.12. The average molecular weight is 387 g/mol. The first-order valence-corrected chi connectivity index (χ1v) is 8.18. The number of methoxy groups -OCH3 is 1. The predicted octanol–water partition coefficient (Wildman–Crippen LogP) is 4.37. The zero-order valence-corrected chi connectivity index (χ0v) is 15.0. The van der Waals surface area contributed by atoms with Crippen LogP contribution in [0.1, 0.15) is 5.56 Å². The lowest BCUT2D eigenvalue weighted by Gasteiger charge is -2.10. The molecular weight excluding hydrogens is 375 g/mol. The van der Waals surface area contributed by atoms with Crippen molar-refractivity contribution in [3.05, 3.63) is 68.4 Å². The van der Waals surface area contributed by atoms with E-state index in [1.807, 2.05) is 6.07 Å². The highest BCUT2D eigenvalue weighted by Crippen LogP contribution is 2.28. The summed E-state index contributed by atoms with van der Waals surface area (Å²) in [6.07, 6.45) is 0. The second-order valence-electron chi connectivity index (χ2n) is 5.23. The minimum atomic E-state index is -0.561. The maximum atomic E-state index is 12.3. The molecule has 0 amide bonds. The molecule has 3 aromatic rings. The Morgan fingerprint density at radius 3 is 2.58 bits per heavy atom. The molecular formula is C18H12Cl2N4O2. The lowest BCUT2D eigenvalue weighted by molar-refractivity contribution is 0.415. The molecule has 0 aliphatic heterocycles. The molecule has 0 aliphatic rings. The van der Waals surface area contributed by atoms with Crippen LogP contribution in [0.5, 0.6) is 5.75 Å². The maximum Gasteiger partial charge on any atom is 0.270 e. The number of nitriles is 1. The van der Waals surface area contributed by atoms with Crippen molar-refractivity contribution < 1.29 is 4.74 Å². The lowest BCUT2D eigenvalue weighted by atomic mass is 10.1. The van der Waals surface area contributed by atoms with Crippen molar-refractivity contribution in [2.75, 3.05) is 12.4 Å². The van der Waals surface area contributed by atoms with E-state index >= 15 is 0 Å². The van der Waals surface area contributed by atoms with Crippen molar-refractivity contribution in [3.63, 3.8) is 0 Å². The van der Waals surface area contributed by atoms with E-state index in [9.17, 15) is 10.1 Å². The second-order valence-corrected chi connectivity index (χ2v) is 6.07. The van der Waals surface area contributed by atoms with Crippen LogP contribution in [0.4, 0.5) is 11.6 Å². The highest BCUT2D eigenvalue weighted by atomic mass is 35.5. The summed E-state index contributed by atoms with van der Waals surface area (Å²) in [5.74, 6) is 0.796. The number of nitrogens with zero attached hydrogens (tertiary/aromatic N) is 2. The van der Waals surface area contributed by atoms with Crippen LogP contribution in [0.3, 0.4) is 0 Å². The van der Waals surface area contributed by atoms with Gasteiger partial charge >= 0.3 is 0 Å². The highest BCUT2D eigenvalue weighted by molar-refractivity contribution is 6.35. The Morgan fingerprint density at radius 1 is 1.19 bits per heavy atom. The molecule has 0 bridgehead atoms. The van der Waals surface area contributed by atoms with Crippen molar-refractivity contribution in [1.82, 2.24) is 9.97 Å². The number of halogens is 2. The molecule has 130 valence electrons. The van der Waals surface area contributed by atoms with E-state index in [4.69, 9.17) is 27.9 Å². The summed E-state index contributed by atoms with van der Waals surface area (Å²) in [4.78, 5) is 19.2. The third kappa shape index (κ3) is 3.64. The van der Waals surface area contributed by atoms with E-state index in [1.54, 1.807) is 49.6 Å². The Hall–Kier alpha value is -3.01. The predicted molar refractivity (Wildman–Crippen MR) is 101 cm³/mol. The van der Waals surface area contributed by atoms with Crippen molar-refractivity contribution in [2.24, 2.45) is 0 Å². The van der Waals surface area contributed by atoms with Crippen molar-refractivity contribution in [1.29, 1.82) is 5.26 Å². The van der Waals surface area contributed by atoms with Gasteiger partial charge in [0.1, 0.15) is 17.4 Å². The number of benzene rings is 2. The van der Waals surface area contributed by atoms with E-state index in [0.717, 1.165) is 0 Å². The summed E-state index contributed by atoms with van der Waals surface area (Å²) in [7, 11) is 1.55. The lowest BCUT2D eigenvalue weighted by Crippen LogP contribution is -2.16. The number of aromatic amines is 1. The Labute approximate surface area is 159 Å². The van der Waals surface area contributed by atoms with Crippen LogP contribution in [-0.2, 0) is 0 Å². The smallest absolute Gasteiger partial charge is 0.270 e. The van der Waals surface area contributed by atoms with Crippen LogP contribution in [0.25, 0.3) is 11.3 Å². The second kappa shape index (κ2) is 7.48. The van der Waals surface area contributed by atoms with Gasteiger partial charge in [0.25, 0.3) is 5.56 Å². The third-order valence-corrected chi connectivity index (χ3v) is 4.14. The topological polar surface area (TPSA) is 90.8 Å². The fraction of sp³-hybridized carbons (Fsp3) is 0.0556. The summed E-state index contributed by atoms with van der Waals surface area (Å²) in [6.45, 7) is 0. The fourth-order valence-electron chi connectivity index (χ4n) is 2.31. The van der Waals surface area contributed by atoms with Gasteiger partial charge in [0.15, 0.2) is 0 Å².